The number of hydrogen-bond donors (Lipinski definition) is 0. The van der Waals surface area contributed by atoms with Crippen LogP contribution in [0.2, 0.25) is 0 Å². The number of ether oxygens (including phenoxy) is 4. The summed E-state index contributed by atoms with van der Waals surface area (Å²) in [4.78, 5) is 16.5. The molecule has 0 saturated heterocycles. The van der Waals surface area contributed by atoms with E-state index in [1.165, 1.54) is 22.5 Å². The Morgan fingerprint density at radius 1 is 0.907 bits per heavy atom. The van der Waals surface area contributed by atoms with Crippen molar-refractivity contribution in [3.8, 4) is 12.3 Å². The van der Waals surface area contributed by atoms with Crippen molar-refractivity contribution in [1.82, 2.24) is 4.90 Å². The lowest BCUT2D eigenvalue weighted by Gasteiger charge is -2.23. The molecule has 0 aliphatic carbocycles. The number of carbonyl (C=O) groups excluding carboxylic acids is 1. The maximum absolute atomic E-state index is 12.6. The Morgan fingerprint density at radius 2 is 1.51 bits per heavy atom. The first kappa shape index (κ1) is 36.9. The Morgan fingerprint density at radius 3 is 2.14 bits per heavy atom. The third-order valence-corrected chi connectivity index (χ3v) is 8.43. The topological polar surface area (TPSA) is 66.5 Å². The van der Waals surface area contributed by atoms with Gasteiger partial charge < -0.3 is 28.0 Å². The number of aryl methyl sites for hydroxylation is 1. The van der Waals surface area contributed by atoms with Gasteiger partial charge in [-0.15, -0.1) is 18.2 Å². The number of thioether (sulfide) groups is 1. The zero-order valence-corrected chi connectivity index (χ0v) is 27.7. The Balaban J connectivity index is 1.50. The lowest BCUT2D eigenvalue weighted by molar-refractivity contribution is -0.135. The normalized spacial score (nSPS) is 11.6. The first-order valence-corrected chi connectivity index (χ1v) is 16.2. The maximum atomic E-state index is 12.6. The molecule has 0 bridgehead atoms. The maximum Gasteiger partial charge on any atom is 0.249 e. The average molecular weight is 630 g/mol. The van der Waals surface area contributed by atoms with Crippen molar-refractivity contribution in [1.29, 1.82) is 0 Å². The zero-order chi connectivity index (χ0) is 31.2. The number of benzene rings is 2. The second-order valence-corrected chi connectivity index (χ2v) is 12.9. The number of amides is 1. The molecule has 0 fully saturated rings. The van der Waals surface area contributed by atoms with Gasteiger partial charge in [0.2, 0.25) is 5.91 Å². The molecular formula is C34H47NO6S2. The van der Waals surface area contributed by atoms with Gasteiger partial charge in [-0.25, -0.2) is 0 Å². The molecular weight excluding hydrogens is 583 g/mol. The van der Waals surface area contributed by atoms with E-state index >= 15 is 0 Å². The molecule has 236 valence electrons. The van der Waals surface area contributed by atoms with Crippen LogP contribution in [0, 0.1) is 19.3 Å². The van der Waals surface area contributed by atoms with Crippen molar-refractivity contribution in [2.45, 2.75) is 48.7 Å². The van der Waals surface area contributed by atoms with Gasteiger partial charge in [0.15, 0.2) is 0 Å². The molecule has 0 aliphatic rings. The molecule has 0 unspecified atom stereocenters. The van der Waals surface area contributed by atoms with Crippen LogP contribution in [-0.4, -0.2) is 88.1 Å². The molecule has 43 heavy (non-hydrogen) atoms. The molecule has 0 saturated carbocycles. The van der Waals surface area contributed by atoms with Crippen LogP contribution in [0.4, 0.5) is 0 Å². The van der Waals surface area contributed by atoms with Gasteiger partial charge in [0.25, 0.3) is 0 Å². The van der Waals surface area contributed by atoms with Gasteiger partial charge in [-0.3, -0.25) is 4.79 Å². The molecule has 0 aromatic heterocycles. The largest absolute Gasteiger partial charge is 0.377 e. The average Bonchev–Trinajstić information content (AvgIpc) is 3.00. The minimum absolute atomic E-state index is 0.0446. The third-order valence-electron chi connectivity index (χ3n) is 6.24. The van der Waals surface area contributed by atoms with Crippen molar-refractivity contribution < 1.29 is 27.9 Å². The highest BCUT2D eigenvalue weighted by atomic mass is 32.2. The Bertz CT molecular complexity index is 1120. The van der Waals surface area contributed by atoms with Gasteiger partial charge >= 0.3 is 0 Å². The van der Waals surface area contributed by atoms with Crippen molar-refractivity contribution in [3.63, 3.8) is 0 Å². The van der Waals surface area contributed by atoms with Gasteiger partial charge in [0.05, 0.1) is 59.4 Å². The Hall–Kier alpha value is -2.29. The summed E-state index contributed by atoms with van der Waals surface area (Å²) in [5.74, 6) is 2.41. The van der Waals surface area contributed by atoms with Crippen LogP contribution in [0.5, 0.6) is 0 Å². The van der Waals surface area contributed by atoms with E-state index in [4.69, 9.17) is 29.6 Å². The fourth-order valence-corrected chi connectivity index (χ4v) is 5.13. The molecule has 0 radical (unpaired) electrons. The first-order valence-electron chi connectivity index (χ1n) is 14.7. The molecule has 2 aromatic carbocycles. The number of hydrogen-bond acceptors (Lipinski definition) is 8. The third kappa shape index (κ3) is 17.0. The predicted molar refractivity (Wildman–Crippen MR) is 177 cm³/mol. The Kier molecular flexibility index (Phi) is 19.1. The molecule has 0 spiro atoms. The van der Waals surface area contributed by atoms with E-state index in [1.807, 2.05) is 36.0 Å². The van der Waals surface area contributed by atoms with Gasteiger partial charge in [-0.05, 0) is 37.1 Å². The van der Waals surface area contributed by atoms with Crippen LogP contribution in [-0.2, 0) is 27.9 Å². The fourth-order valence-electron chi connectivity index (χ4n) is 3.46. The summed E-state index contributed by atoms with van der Waals surface area (Å²) in [6, 6.07) is 16.5. The van der Waals surface area contributed by atoms with Crippen LogP contribution in [0.15, 0.2) is 64.4 Å². The van der Waals surface area contributed by atoms with Gasteiger partial charge in [0, 0.05) is 33.1 Å². The summed E-state index contributed by atoms with van der Waals surface area (Å²) < 4.78 is 27.7. The fraction of sp³-hybridized carbons (Fsp3) is 0.500. The van der Waals surface area contributed by atoms with Crippen LogP contribution in [0.25, 0.3) is 6.08 Å². The van der Waals surface area contributed by atoms with Crippen LogP contribution in [0.3, 0.4) is 0 Å². The number of terminal acetylenes is 1. The lowest BCUT2D eigenvalue weighted by atomic mass is 10.1. The minimum atomic E-state index is -0.153. The zero-order valence-electron chi connectivity index (χ0n) is 26.0. The monoisotopic (exact) mass is 629 g/mol. The molecule has 2 aromatic rings. The van der Waals surface area contributed by atoms with Crippen LogP contribution < -0.4 is 0 Å². The van der Waals surface area contributed by atoms with E-state index in [0.29, 0.717) is 59.4 Å². The second-order valence-electron chi connectivity index (χ2n) is 10.2. The van der Waals surface area contributed by atoms with E-state index in [2.05, 4.69) is 70.0 Å². The van der Waals surface area contributed by atoms with Crippen molar-refractivity contribution in [3.05, 3.63) is 65.7 Å². The highest BCUT2D eigenvalue weighted by molar-refractivity contribution is 8.00. The minimum Gasteiger partial charge on any atom is -0.377 e. The smallest absolute Gasteiger partial charge is 0.249 e. The number of carbonyl (C=O) groups is 1. The molecule has 9 heteroatoms. The van der Waals surface area contributed by atoms with E-state index in [0.717, 1.165) is 16.9 Å². The molecule has 1 amide bonds. The van der Waals surface area contributed by atoms with E-state index in [-0.39, 0.29) is 23.8 Å². The van der Waals surface area contributed by atoms with Crippen LogP contribution >= 0.6 is 23.8 Å². The van der Waals surface area contributed by atoms with Gasteiger partial charge in [-0.1, -0.05) is 74.7 Å². The number of rotatable bonds is 23. The van der Waals surface area contributed by atoms with E-state index < -0.39 is 0 Å². The standard InChI is InChI=1S/C34H47NO6S2/c1-6-18-35(19-10-12-30-11-8-9-13-32(30)42-34(4,5)7-2)33(36)28-40-25-24-38-21-20-37-22-23-39-26-27-41-43-31-16-14-29(3)15-17-31/h1,8-17H,7,18-28H2,2-5H3/b12-10+. The summed E-state index contributed by atoms with van der Waals surface area (Å²) in [5.41, 5.74) is 2.36. The summed E-state index contributed by atoms with van der Waals surface area (Å²) in [5, 5.41) is 0. The molecule has 0 N–H and O–H groups in total. The van der Waals surface area contributed by atoms with Crippen molar-refractivity contribution in [2.24, 2.45) is 0 Å². The molecule has 0 aliphatic heterocycles. The van der Waals surface area contributed by atoms with E-state index in [1.54, 1.807) is 4.90 Å². The summed E-state index contributed by atoms with van der Waals surface area (Å²) in [6.07, 6.45) is 10.6. The highest BCUT2D eigenvalue weighted by Gasteiger charge is 2.18. The van der Waals surface area contributed by atoms with Crippen molar-refractivity contribution >= 4 is 35.8 Å². The van der Waals surface area contributed by atoms with E-state index in [9.17, 15) is 4.79 Å². The molecule has 2 rings (SSSR count). The quantitative estimate of drug-likeness (QED) is 0.0594. The highest BCUT2D eigenvalue weighted by Crippen LogP contribution is 2.37. The van der Waals surface area contributed by atoms with Crippen LogP contribution in [0.1, 0.15) is 38.3 Å². The van der Waals surface area contributed by atoms with Crippen molar-refractivity contribution in [2.75, 3.05) is 72.6 Å². The SMILES string of the molecule is C#CCN(C/C=C/c1ccccc1SC(C)(C)CC)C(=O)COCCOCCOCCOCCOSc1ccc(C)cc1. The Labute approximate surface area is 267 Å². The second kappa shape index (κ2) is 22.3. The molecule has 0 heterocycles. The summed E-state index contributed by atoms with van der Waals surface area (Å²) in [7, 11) is 0. The molecule has 7 nitrogen and oxygen atoms in total. The predicted octanol–water partition coefficient (Wildman–Crippen LogP) is 6.54. The lowest BCUT2D eigenvalue weighted by Crippen LogP contribution is -2.34. The first-order chi connectivity index (χ1) is 20.8. The summed E-state index contributed by atoms with van der Waals surface area (Å²) >= 11 is 3.21. The van der Waals surface area contributed by atoms with Gasteiger partial charge in [-0.2, -0.15) is 0 Å². The molecule has 0 atom stereocenters. The summed E-state index contributed by atoms with van der Waals surface area (Å²) in [6.45, 7) is 12.9. The number of nitrogens with zero attached hydrogens (tertiary/aromatic N) is 1. The van der Waals surface area contributed by atoms with Gasteiger partial charge in [0.1, 0.15) is 6.61 Å².